The quantitative estimate of drug-likeness (QED) is 0.574. The number of benzene rings is 1. The van der Waals surface area contributed by atoms with E-state index in [0.717, 1.165) is 45.1 Å². The topological polar surface area (TPSA) is 46.5 Å². The van der Waals surface area contributed by atoms with Gasteiger partial charge >= 0.3 is 0 Å². The van der Waals surface area contributed by atoms with E-state index < -0.39 is 0 Å². The predicted octanol–water partition coefficient (Wildman–Crippen LogP) is 5.94. The summed E-state index contributed by atoms with van der Waals surface area (Å²) in [6, 6.07) is 7.97. The lowest BCUT2D eigenvalue weighted by Gasteiger charge is -2.58. The van der Waals surface area contributed by atoms with E-state index in [0.29, 0.717) is 47.5 Å². The van der Waals surface area contributed by atoms with E-state index in [1.165, 1.54) is 23.1 Å². The van der Waals surface area contributed by atoms with Crippen LogP contribution in [0.3, 0.4) is 0 Å². The molecule has 1 aromatic rings. The molecule has 0 radical (unpaired) electrons. The molecule has 0 bridgehead atoms. The molecule has 6 rings (SSSR count). The Bertz CT molecular complexity index is 959. The maximum Gasteiger partial charge on any atom is 0.136 e. The number of carbonyl (C=O) groups excluding carboxylic acids is 1. The summed E-state index contributed by atoms with van der Waals surface area (Å²) in [5.41, 5.74) is 4.01. The van der Waals surface area contributed by atoms with E-state index in [1.807, 2.05) is 12.1 Å². The SMILES string of the molecule is C=C1CCO[C@@]12CC[C@H]1[C@@H]3CC=C4CC(=O)CC[C@@H]4[C@H]3[C@@H](c3ccc(O)cc3)C[C@@]12C. The fourth-order valence-electron chi connectivity index (χ4n) is 8.76. The van der Waals surface area contributed by atoms with Crippen molar-refractivity contribution in [2.45, 2.75) is 69.8 Å². The maximum atomic E-state index is 12.2. The fraction of sp³-hybridized carbons (Fsp3) is 0.607. The number of Topliss-reactive ketones (excluding diaryl/α,β-unsaturated/α-hetero) is 1. The van der Waals surface area contributed by atoms with Crippen LogP contribution in [0.1, 0.15) is 69.8 Å². The Labute approximate surface area is 185 Å². The van der Waals surface area contributed by atoms with E-state index in [9.17, 15) is 9.90 Å². The number of phenols is 1. The Morgan fingerprint density at radius 2 is 1.94 bits per heavy atom. The minimum atomic E-state index is -0.162. The van der Waals surface area contributed by atoms with Crippen LogP contribution in [0, 0.1) is 29.1 Å². The third-order valence-corrected chi connectivity index (χ3v) is 10.0. The Hall–Kier alpha value is -1.87. The number of carbonyl (C=O) groups is 1. The Morgan fingerprint density at radius 1 is 1.13 bits per heavy atom. The summed E-state index contributed by atoms with van der Waals surface area (Å²) in [5.74, 6) is 3.58. The van der Waals surface area contributed by atoms with E-state index in [1.54, 1.807) is 0 Å². The summed E-state index contributed by atoms with van der Waals surface area (Å²) < 4.78 is 6.59. The summed E-state index contributed by atoms with van der Waals surface area (Å²) >= 11 is 0. The Kier molecular flexibility index (Phi) is 4.35. The molecule has 1 aliphatic heterocycles. The number of rotatable bonds is 1. The molecule has 1 spiro atoms. The number of hydrogen-bond acceptors (Lipinski definition) is 3. The molecule has 1 saturated heterocycles. The molecule has 1 aromatic carbocycles. The zero-order valence-electron chi connectivity index (χ0n) is 18.6. The molecule has 0 amide bonds. The van der Waals surface area contributed by atoms with Gasteiger partial charge in [-0.15, -0.1) is 0 Å². The van der Waals surface area contributed by atoms with Gasteiger partial charge in [-0.25, -0.2) is 0 Å². The second-order valence-corrected chi connectivity index (χ2v) is 11.1. The zero-order chi connectivity index (χ0) is 21.4. The smallest absolute Gasteiger partial charge is 0.136 e. The van der Waals surface area contributed by atoms with Gasteiger partial charge in [0.15, 0.2) is 0 Å². The summed E-state index contributed by atoms with van der Waals surface area (Å²) in [5, 5.41) is 9.93. The van der Waals surface area contributed by atoms with Crippen LogP contribution in [0.15, 0.2) is 48.1 Å². The third-order valence-electron chi connectivity index (χ3n) is 10.0. The molecule has 7 atom stereocenters. The van der Waals surface area contributed by atoms with E-state index >= 15 is 0 Å². The first-order chi connectivity index (χ1) is 14.9. The van der Waals surface area contributed by atoms with Crippen LogP contribution < -0.4 is 0 Å². The highest BCUT2D eigenvalue weighted by atomic mass is 16.5. The first kappa shape index (κ1) is 19.8. The molecular formula is C28H34O3. The largest absolute Gasteiger partial charge is 0.508 e. The maximum absolute atomic E-state index is 12.2. The monoisotopic (exact) mass is 418 g/mol. The number of fused-ring (bicyclic) bond motifs is 6. The van der Waals surface area contributed by atoms with Gasteiger partial charge in [-0.05, 0) is 91.4 Å². The van der Waals surface area contributed by atoms with Crippen molar-refractivity contribution in [3.8, 4) is 5.75 Å². The highest BCUT2D eigenvalue weighted by Gasteiger charge is 2.67. The van der Waals surface area contributed by atoms with Gasteiger partial charge in [-0.2, -0.15) is 0 Å². The van der Waals surface area contributed by atoms with E-state index in [2.05, 4.69) is 31.7 Å². The molecule has 3 heteroatoms. The molecular weight excluding hydrogens is 384 g/mol. The number of allylic oxidation sites excluding steroid dienone is 2. The van der Waals surface area contributed by atoms with Crippen LogP contribution in [0.2, 0.25) is 0 Å². The molecule has 0 aromatic heterocycles. The Balaban J connectivity index is 1.47. The van der Waals surface area contributed by atoms with Gasteiger partial charge in [0.2, 0.25) is 0 Å². The molecule has 31 heavy (non-hydrogen) atoms. The lowest BCUT2D eigenvalue weighted by Crippen LogP contribution is -2.55. The molecule has 0 unspecified atom stereocenters. The van der Waals surface area contributed by atoms with Crippen LogP contribution in [-0.2, 0) is 9.53 Å². The second-order valence-electron chi connectivity index (χ2n) is 11.1. The predicted molar refractivity (Wildman–Crippen MR) is 121 cm³/mol. The molecule has 4 aliphatic carbocycles. The van der Waals surface area contributed by atoms with E-state index in [4.69, 9.17) is 4.74 Å². The molecule has 164 valence electrons. The minimum absolute atomic E-state index is 0.0974. The second kappa shape index (κ2) is 6.81. The van der Waals surface area contributed by atoms with Crippen LogP contribution >= 0.6 is 0 Å². The number of aromatic hydroxyl groups is 1. The lowest BCUT2D eigenvalue weighted by atomic mass is 9.47. The van der Waals surface area contributed by atoms with Crippen molar-refractivity contribution in [2.75, 3.05) is 6.61 Å². The third kappa shape index (κ3) is 2.65. The van der Waals surface area contributed by atoms with Crippen molar-refractivity contribution in [3.05, 3.63) is 53.6 Å². The molecule has 3 saturated carbocycles. The van der Waals surface area contributed by atoms with Crippen molar-refractivity contribution in [2.24, 2.45) is 29.1 Å². The summed E-state index contributed by atoms with van der Waals surface area (Å²) in [7, 11) is 0. The van der Waals surface area contributed by atoms with Crippen molar-refractivity contribution >= 4 is 5.78 Å². The van der Waals surface area contributed by atoms with Crippen LogP contribution in [0.5, 0.6) is 5.75 Å². The normalized spacial score (nSPS) is 44.0. The molecule has 5 aliphatic rings. The zero-order valence-corrected chi connectivity index (χ0v) is 18.6. The van der Waals surface area contributed by atoms with E-state index in [-0.39, 0.29) is 11.0 Å². The van der Waals surface area contributed by atoms with Crippen molar-refractivity contribution < 1.29 is 14.6 Å². The van der Waals surface area contributed by atoms with Crippen LogP contribution in [0.25, 0.3) is 0 Å². The standard InChI is InChI=1S/C28H34O3/c1-17-12-14-31-28(17)13-11-25-23-9-5-19-15-21(30)8-10-22(19)26(23)24(16-27(25,28)2)18-3-6-20(29)7-4-18/h3-7,22-26,29H,1,8-16H2,2H3/t22-,23-,24+,25-,26+,27-,28-/m0/s1. The van der Waals surface area contributed by atoms with Crippen molar-refractivity contribution in [1.29, 1.82) is 0 Å². The molecule has 4 fully saturated rings. The average Bonchev–Trinajstić information content (AvgIpc) is 3.28. The number of hydrogen-bond donors (Lipinski definition) is 1. The van der Waals surface area contributed by atoms with Gasteiger partial charge in [-0.3, -0.25) is 4.79 Å². The number of ketones is 1. The van der Waals surface area contributed by atoms with Gasteiger partial charge in [0, 0.05) is 18.3 Å². The number of phenolic OH excluding ortho intramolecular Hbond substituents is 1. The van der Waals surface area contributed by atoms with Gasteiger partial charge < -0.3 is 9.84 Å². The van der Waals surface area contributed by atoms with Gasteiger partial charge in [0.05, 0.1) is 12.2 Å². The van der Waals surface area contributed by atoms with Gasteiger partial charge in [-0.1, -0.05) is 37.3 Å². The molecule has 1 N–H and O–H groups in total. The minimum Gasteiger partial charge on any atom is -0.508 e. The summed E-state index contributed by atoms with van der Waals surface area (Å²) in [6.45, 7) is 7.81. The van der Waals surface area contributed by atoms with Crippen LogP contribution in [-0.4, -0.2) is 23.1 Å². The average molecular weight is 419 g/mol. The summed E-state index contributed by atoms with van der Waals surface area (Å²) in [4.78, 5) is 12.2. The van der Waals surface area contributed by atoms with Crippen LogP contribution in [0.4, 0.5) is 0 Å². The van der Waals surface area contributed by atoms with Gasteiger partial charge in [0.1, 0.15) is 11.5 Å². The molecule has 3 nitrogen and oxygen atoms in total. The Morgan fingerprint density at radius 3 is 2.68 bits per heavy atom. The first-order valence-electron chi connectivity index (χ1n) is 12.2. The van der Waals surface area contributed by atoms with Crippen molar-refractivity contribution in [1.82, 2.24) is 0 Å². The highest BCUT2D eigenvalue weighted by Crippen LogP contribution is 2.70. The first-order valence-corrected chi connectivity index (χ1v) is 12.2. The van der Waals surface area contributed by atoms with Gasteiger partial charge in [0.25, 0.3) is 0 Å². The lowest BCUT2D eigenvalue weighted by molar-refractivity contribution is -0.124. The highest BCUT2D eigenvalue weighted by molar-refractivity contribution is 5.82. The van der Waals surface area contributed by atoms with Crippen molar-refractivity contribution in [3.63, 3.8) is 0 Å². The fourth-order valence-corrected chi connectivity index (χ4v) is 8.76. The summed E-state index contributed by atoms with van der Waals surface area (Å²) in [6.07, 6.45) is 10.4. The number of ether oxygens (including phenoxy) is 1. The molecule has 1 heterocycles.